The molecule has 0 spiro atoms. The summed E-state index contributed by atoms with van der Waals surface area (Å²) in [6.07, 6.45) is 11.2. The van der Waals surface area contributed by atoms with Crippen molar-refractivity contribution < 1.29 is 19.8 Å². The zero-order chi connectivity index (χ0) is 20.6. The van der Waals surface area contributed by atoms with Crippen LogP contribution in [0.3, 0.4) is 0 Å². The van der Waals surface area contributed by atoms with Crippen molar-refractivity contribution in [2.75, 3.05) is 6.61 Å². The molecule has 4 N–H and O–H groups in total. The van der Waals surface area contributed by atoms with Crippen LogP contribution >= 0.6 is 0 Å². The highest BCUT2D eigenvalue weighted by Crippen LogP contribution is 2.21. The van der Waals surface area contributed by atoms with Gasteiger partial charge in [0, 0.05) is 24.1 Å². The highest BCUT2D eigenvalue weighted by atomic mass is 16.3. The quantitative estimate of drug-likeness (QED) is 0.599. The van der Waals surface area contributed by atoms with Gasteiger partial charge in [-0.15, -0.1) is 0 Å². The van der Waals surface area contributed by atoms with Crippen molar-refractivity contribution in [3.8, 4) is 11.4 Å². The Hall–Kier alpha value is -2.80. The number of benzene rings is 1. The van der Waals surface area contributed by atoms with E-state index in [2.05, 4.69) is 10.6 Å². The molecule has 0 radical (unpaired) electrons. The second-order valence-electron chi connectivity index (χ2n) is 7.55. The maximum Gasteiger partial charge on any atom is 0.255 e. The van der Waals surface area contributed by atoms with Gasteiger partial charge in [0.1, 0.15) is 11.8 Å². The third-order valence-corrected chi connectivity index (χ3v) is 5.38. The first-order chi connectivity index (χ1) is 14.1. The summed E-state index contributed by atoms with van der Waals surface area (Å²) in [6, 6.07) is 7.39. The van der Waals surface area contributed by atoms with Crippen molar-refractivity contribution >= 4 is 11.8 Å². The molecule has 1 aromatic carbocycles. The average molecular weight is 399 g/mol. The fraction of sp³-hybridized carbons (Fsp3) is 0.455. The van der Waals surface area contributed by atoms with E-state index in [0.29, 0.717) is 5.69 Å². The van der Waals surface area contributed by atoms with Crippen LogP contribution in [0.4, 0.5) is 0 Å². The summed E-state index contributed by atoms with van der Waals surface area (Å²) in [4.78, 5) is 25.3. The molecule has 1 unspecified atom stereocenters. The number of carbonyl (C=O) groups is 2. The van der Waals surface area contributed by atoms with Crippen LogP contribution in [0.5, 0.6) is 5.75 Å². The van der Waals surface area contributed by atoms with Crippen LogP contribution in [0.15, 0.2) is 42.7 Å². The largest absolute Gasteiger partial charge is 0.507 e. The molecule has 1 saturated carbocycles. The predicted octanol–water partition coefficient (Wildman–Crippen LogP) is 2.50. The van der Waals surface area contributed by atoms with E-state index in [0.717, 1.165) is 25.7 Å². The highest BCUT2D eigenvalue weighted by Gasteiger charge is 2.24. The molecule has 1 aliphatic rings. The number of hydrogen-bond acceptors (Lipinski definition) is 4. The van der Waals surface area contributed by atoms with Crippen LogP contribution in [0.25, 0.3) is 5.69 Å². The predicted molar refractivity (Wildman–Crippen MR) is 110 cm³/mol. The maximum absolute atomic E-state index is 12.7. The molecule has 0 aliphatic heterocycles. The molecule has 1 heterocycles. The summed E-state index contributed by atoms with van der Waals surface area (Å²) >= 11 is 0. The number of phenols is 1. The van der Waals surface area contributed by atoms with Crippen molar-refractivity contribution in [2.45, 2.75) is 57.0 Å². The van der Waals surface area contributed by atoms with Crippen LogP contribution in [-0.4, -0.2) is 45.3 Å². The molecule has 3 rings (SSSR count). The van der Waals surface area contributed by atoms with Crippen molar-refractivity contribution in [3.63, 3.8) is 0 Å². The minimum absolute atomic E-state index is 0.0494. The molecule has 2 aromatic rings. The van der Waals surface area contributed by atoms with E-state index < -0.39 is 24.5 Å². The fourth-order valence-corrected chi connectivity index (χ4v) is 3.71. The Bertz CT molecular complexity index is 811. The molecule has 1 aromatic heterocycles. The Kier molecular flexibility index (Phi) is 7.30. The summed E-state index contributed by atoms with van der Waals surface area (Å²) in [5.41, 5.74) is 0.755. The van der Waals surface area contributed by atoms with Crippen LogP contribution in [0.2, 0.25) is 0 Å². The third kappa shape index (κ3) is 5.60. The summed E-state index contributed by atoms with van der Waals surface area (Å²) in [7, 11) is 0. The lowest BCUT2D eigenvalue weighted by Crippen LogP contribution is -2.51. The van der Waals surface area contributed by atoms with Gasteiger partial charge in [0.05, 0.1) is 12.2 Å². The number of phenolic OH excluding ortho intramolecular Hbond substituents is 1. The number of amides is 2. The molecular formula is C22H29N3O4. The molecule has 0 saturated heterocycles. The standard InChI is InChI=1S/C22H29N3O4/c26-15-19(22(29)23-16-8-4-2-1-3-5-9-16)24-21(28)18-14-17(10-11-20(18)27)25-12-6-7-13-25/h6-7,10-14,16,19,26-27H,1-5,8-9,15H2,(H,23,29)(H,24,28). The second kappa shape index (κ2) is 10.1. The molecule has 7 nitrogen and oxygen atoms in total. The van der Waals surface area contributed by atoms with Crippen molar-refractivity contribution in [3.05, 3.63) is 48.3 Å². The maximum atomic E-state index is 12.7. The Morgan fingerprint density at radius 2 is 1.72 bits per heavy atom. The molecule has 7 heteroatoms. The number of nitrogens with one attached hydrogen (secondary N) is 2. The molecule has 156 valence electrons. The second-order valence-corrected chi connectivity index (χ2v) is 7.55. The van der Waals surface area contributed by atoms with E-state index in [1.165, 1.54) is 25.3 Å². The van der Waals surface area contributed by atoms with Gasteiger partial charge < -0.3 is 25.4 Å². The van der Waals surface area contributed by atoms with E-state index in [1.807, 2.05) is 24.5 Å². The van der Waals surface area contributed by atoms with Gasteiger partial charge in [-0.3, -0.25) is 9.59 Å². The van der Waals surface area contributed by atoms with Gasteiger partial charge in [0.15, 0.2) is 0 Å². The number of nitrogens with zero attached hydrogens (tertiary/aromatic N) is 1. The molecule has 2 amide bonds. The van der Waals surface area contributed by atoms with E-state index in [4.69, 9.17) is 0 Å². The van der Waals surface area contributed by atoms with Gasteiger partial charge in [-0.05, 0) is 43.2 Å². The van der Waals surface area contributed by atoms with Crippen LogP contribution in [0, 0.1) is 0 Å². The van der Waals surface area contributed by atoms with Crippen molar-refractivity contribution in [1.29, 1.82) is 0 Å². The van der Waals surface area contributed by atoms with Crippen LogP contribution in [0.1, 0.15) is 55.3 Å². The number of aromatic nitrogens is 1. The number of hydrogen-bond donors (Lipinski definition) is 4. The Labute approximate surface area is 170 Å². The summed E-state index contributed by atoms with van der Waals surface area (Å²) in [6.45, 7) is -0.512. The minimum Gasteiger partial charge on any atom is -0.507 e. The zero-order valence-corrected chi connectivity index (χ0v) is 16.5. The zero-order valence-electron chi connectivity index (χ0n) is 16.5. The van der Waals surface area contributed by atoms with Gasteiger partial charge in [0.2, 0.25) is 5.91 Å². The number of aliphatic hydroxyl groups is 1. The van der Waals surface area contributed by atoms with E-state index in [9.17, 15) is 19.8 Å². The smallest absolute Gasteiger partial charge is 0.255 e. The average Bonchev–Trinajstić information content (AvgIpc) is 3.23. The van der Waals surface area contributed by atoms with Crippen molar-refractivity contribution in [1.82, 2.24) is 15.2 Å². The minimum atomic E-state index is -1.07. The lowest BCUT2D eigenvalue weighted by molar-refractivity contribution is -0.124. The first kappa shape index (κ1) is 20.9. The van der Waals surface area contributed by atoms with E-state index >= 15 is 0 Å². The SMILES string of the molecule is O=C(NC(CO)C(=O)NC1CCCCCCC1)c1cc(-n2cccc2)ccc1O. The normalized spacial score (nSPS) is 16.4. The first-order valence-electron chi connectivity index (χ1n) is 10.3. The fourth-order valence-electron chi connectivity index (χ4n) is 3.71. The van der Waals surface area contributed by atoms with Gasteiger partial charge in [-0.2, -0.15) is 0 Å². The number of rotatable bonds is 6. The summed E-state index contributed by atoms with van der Waals surface area (Å²) in [5, 5.41) is 25.3. The van der Waals surface area contributed by atoms with Crippen molar-refractivity contribution in [2.24, 2.45) is 0 Å². The Morgan fingerprint density at radius 3 is 2.38 bits per heavy atom. The Morgan fingerprint density at radius 1 is 1.07 bits per heavy atom. The molecule has 1 fully saturated rings. The molecule has 1 atom stereocenters. The van der Waals surface area contributed by atoms with Gasteiger partial charge >= 0.3 is 0 Å². The lowest BCUT2D eigenvalue weighted by atomic mass is 9.96. The highest BCUT2D eigenvalue weighted by molar-refractivity contribution is 6.00. The number of carbonyl (C=O) groups excluding carboxylic acids is 2. The monoisotopic (exact) mass is 399 g/mol. The molecule has 29 heavy (non-hydrogen) atoms. The Balaban J connectivity index is 1.66. The van der Waals surface area contributed by atoms with E-state index in [1.54, 1.807) is 16.7 Å². The number of aliphatic hydroxyl groups excluding tert-OH is 1. The van der Waals surface area contributed by atoms with Gasteiger partial charge in [-0.1, -0.05) is 32.1 Å². The summed E-state index contributed by atoms with van der Waals surface area (Å²) in [5.74, 6) is -1.19. The summed E-state index contributed by atoms with van der Waals surface area (Å²) < 4.78 is 1.81. The topological polar surface area (TPSA) is 104 Å². The van der Waals surface area contributed by atoms with Gasteiger partial charge in [0.25, 0.3) is 5.91 Å². The van der Waals surface area contributed by atoms with Gasteiger partial charge in [-0.25, -0.2) is 0 Å². The molecule has 0 bridgehead atoms. The van der Waals surface area contributed by atoms with Crippen LogP contribution in [-0.2, 0) is 4.79 Å². The molecular weight excluding hydrogens is 370 g/mol. The first-order valence-corrected chi connectivity index (χ1v) is 10.3. The molecule has 1 aliphatic carbocycles. The van der Waals surface area contributed by atoms with Crippen LogP contribution < -0.4 is 10.6 Å². The third-order valence-electron chi connectivity index (χ3n) is 5.38. The number of aromatic hydroxyl groups is 1. The van der Waals surface area contributed by atoms with E-state index in [-0.39, 0.29) is 17.4 Å². The lowest BCUT2D eigenvalue weighted by Gasteiger charge is -2.24.